The molecular formula is C13H21N3O3S. The molecule has 0 saturated heterocycles. The van der Waals surface area contributed by atoms with Crippen molar-refractivity contribution in [1.29, 1.82) is 0 Å². The van der Waals surface area contributed by atoms with Gasteiger partial charge in [-0.2, -0.15) is 0 Å². The number of carbonyl (C=O) groups is 1. The smallest absolute Gasteiger partial charge is 0.264 e. The standard InChI is InChI=1S/C13H21N3O3S/c1-9(2)7-16(5-4-12(14)15-18)13(17)11-6-10(19-3)8-20-11/h6,8-9,18H,4-5,7H2,1-3H3,(H2,14,15). The van der Waals surface area contributed by atoms with E-state index in [2.05, 4.69) is 5.16 Å². The van der Waals surface area contributed by atoms with Crippen LogP contribution in [0.3, 0.4) is 0 Å². The van der Waals surface area contributed by atoms with Gasteiger partial charge < -0.3 is 20.6 Å². The maximum atomic E-state index is 12.4. The molecule has 0 aromatic carbocycles. The van der Waals surface area contributed by atoms with E-state index in [1.807, 2.05) is 13.8 Å². The summed E-state index contributed by atoms with van der Waals surface area (Å²) in [5.74, 6) is 1.08. The van der Waals surface area contributed by atoms with Crippen LogP contribution in [0.15, 0.2) is 16.6 Å². The molecule has 0 spiro atoms. The van der Waals surface area contributed by atoms with Crippen LogP contribution >= 0.6 is 11.3 Å². The summed E-state index contributed by atoms with van der Waals surface area (Å²) in [6.07, 6.45) is 0.345. The van der Waals surface area contributed by atoms with Crippen LogP contribution in [0.25, 0.3) is 0 Å². The molecule has 0 radical (unpaired) electrons. The average Bonchev–Trinajstić information content (AvgIpc) is 2.90. The second kappa shape index (κ2) is 7.74. The zero-order valence-corrected chi connectivity index (χ0v) is 12.8. The molecule has 1 amide bonds. The van der Waals surface area contributed by atoms with Crippen molar-refractivity contribution in [3.8, 4) is 5.75 Å². The van der Waals surface area contributed by atoms with Gasteiger partial charge in [0.15, 0.2) is 0 Å². The zero-order chi connectivity index (χ0) is 15.1. The molecular weight excluding hydrogens is 278 g/mol. The molecule has 0 unspecified atom stereocenters. The summed E-state index contributed by atoms with van der Waals surface area (Å²) in [5.41, 5.74) is 5.46. The maximum Gasteiger partial charge on any atom is 0.264 e. The Labute approximate surface area is 122 Å². The minimum atomic E-state index is -0.0576. The van der Waals surface area contributed by atoms with Gasteiger partial charge in [0, 0.05) is 31.0 Å². The number of methoxy groups -OCH3 is 1. The van der Waals surface area contributed by atoms with Crippen molar-refractivity contribution in [1.82, 2.24) is 4.90 Å². The van der Waals surface area contributed by atoms with Gasteiger partial charge in [0.1, 0.15) is 11.6 Å². The number of hydrogen-bond donors (Lipinski definition) is 2. The molecule has 1 rings (SSSR count). The van der Waals surface area contributed by atoms with E-state index in [9.17, 15) is 4.79 Å². The van der Waals surface area contributed by atoms with Gasteiger partial charge in [-0.15, -0.1) is 11.3 Å². The number of carbonyl (C=O) groups excluding carboxylic acids is 1. The van der Waals surface area contributed by atoms with Gasteiger partial charge in [0.05, 0.1) is 12.0 Å². The van der Waals surface area contributed by atoms with Crippen molar-refractivity contribution in [2.24, 2.45) is 16.8 Å². The van der Waals surface area contributed by atoms with Crippen molar-refractivity contribution in [2.75, 3.05) is 20.2 Å². The molecule has 0 aliphatic carbocycles. The number of amidine groups is 1. The number of hydrogen-bond acceptors (Lipinski definition) is 5. The fraction of sp³-hybridized carbons (Fsp3) is 0.538. The first-order chi connectivity index (χ1) is 9.47. The van der Waals surface area contributed by atoms with Gasteiger partial charge in [-0.3, -0.25) is 4.79 Å². The van der Waals surface area contributed by atoms with Crippen LogP contribution in [0.5, 0.6) is 5.75 Å². The Morgan fingerprint density at radius 1 is 1.60 bits per heavy atom. The van der Waals surface area contributed by atoms with Gasteiger partial charge in [0.25, 0.3) is 5.91 Å². The molecule has 3 N–H and O–H groups in total. The first-order valence-electron chi connectivity index (χ1n) is 6.36. The molecule has 1 heterocycles. The Hall–Kier alpha value is -1.76. The molecule has 0 saturated carbocycles. The highest BCUT2D eigenvalue weighted by atomic mass is 32.1. The van der Waals surface area contributed by atoms with E-state index >= 15 is 0 Å². The van der Waals surface area contributed by atoms with Crippen LogP contribution in [0, 0.1) is 5.92 Å². The third kappa shape index (κ3) is 4.73. The average molecular weight is 299 g/mol. The van der Waals surface area contributed by atoms with E-state index in [4.69, 9.17) is 15.7 Å². The predicted octanol–water partition coefficient (Wildman–Crippen LogP) is 1.99. The minimum absolute atomic E-state index is 0.0576. The quantitative estimate of drug-likeness (QED) is 0.349. The lowest BCUT2D eigenvalue weighted by molar-refractivity contribution is 0.0745. The molecule has 7 heteroatoms. The second-order valence-electron chi connectivity index (χ2n) is 4.84. The molecule has 0 aliphatic heterocycles. The lowest BCUT2D eigenvalue weighted by atomic mass is 10.2. The number of nitrogens with two attached hydrogens (primary N) is 1. The zero-order valence-electron chi connectivity index (χ0n) is 12.0. The highest BCUT2D eigenvalue weighted by molar-refractivity contribution is 7.12. The van der Waals surface area contributed by atoms with Crippen molar-refractivity contribution in [2.45, 2.75) is 20.3 Å². The van der Waals surface area contributed by atoms with Gasteiger partial charge >= 0.3 is 0 Å². The third-order valence-electron chi connectivity index (χ3n) is 2.66. The van der Waals surface area contributed by atoms with Crippen LogP contribution in [0.2, 0.25) is 0 Å². The monoisotopic (exact) mass is 299 g/mol. The molecule has 6 nitrogen and oxygen atoms in total. The van der Waals surface area contributed by atoms with Crippen molar-refractivity contribution in [3.63, 3.8) is 0 Å². The molecule has 0 fully saturated rings. The Kier molecular flexibility index (Phi) is 6.30. The third-order valence-corrected chi connectivity index (χ3v) is 3.56. The number of thiophene rings is 1. The Balaban J connectivity index is 2.78. The normalized spacial score (nSPS) is 11.7. The maximum absolute atomic E-state index is 12.4. The summed E-state index contributed by atoms with van der Waals surface area (Å²) in [4.78, 5) is 14.8. The summed E-state index contributed by atoms with van der Waals surface area (Å²) < 4.78 is 5.09. The van der Waals surface area contributed by atoms with Crippen LogP contribution in [0.1, 0.15) is 29.9 Å². The fourth-order valence-electron chi connectivity index (χ4n) is 1.71. The Morgan fingerprint density at radius 2 is 2.30 bits per heavy atom. The molecule has 1 aromatic heterocycles. The first kappa shape index (κ1) is 16.3. The van der Waals surface area contributed by atoms with E-state index in [1.165, 1.54) is 11.3 Å². The van der Waals surface area contributed by atoms with Crippen LogP contribution in [-0.2, 0) is 0 Å². The topological polar surface area (TPSA) is 88.2 Å². The number of ether oxygens (including phenoxy) is 1. The minimum Gasteiger partial charge on any atom is -0.496 e. The Morgan fingerprint density at radius 3 is 2.80 bits per heavy atom. The SMILES string of the molecule is COc1csc(C(=O)N(CCC(N)=NO)CC(C)C)c1. The summed E-state index contributed by atoms with van der Waals surface area (Å²) >= 11 is 1.35. The molecule has 0 atom stereocenters. The molecule has 20 heavy (non-hydrogen) atoms. The first-order valence-corrected chi connectivity index (χ1v) is 7.24. The lowest BCUT2D eigenvalue weighted by Crippen LogP contribution is -2.36. The second-order valence-corrected chi connectivity index (χ2v) is 5.75. The number of oxime groups is 1. The van der Waals surface area contributed by atoms with Gasteiger partial charge in [0.2, 0.25) is 0 Å². The van der Waals surface area contributed by atoms with Gasteiger partial charge in [-0.1, -0.05) is 19.0 Å². The van der Waals surface area contributed by atoms with Crippen LogP contribution in [-0.4, -0.2) is 42.0 Å². The number of rotatable bonds is 7. The fourth-order valence-corrected chi connectivity index (χ4v) is 2.53. The molecule has 0 bridgehead atoms. The van der Waals surface area contributed by atoms with E-state index in [0.29, 0.717) is 36.1 Å². The van der Waals surface area contributed by atoms with E-state index < -0.39 is 0 Å². The van der Waals surface area contributed by atoms with Crippen molar-refractivity contribution in [3.05, 3.63) is 16.3 Å². The predicted molar refractivity (Wildman–Crippen MR) is 79.6 cm³/mol. The highest BCUT2D eigenvalue weighted by Gasteiger charge is 2.19. The summed E-state index contributed by atoms with van der Waals surface area (Å²) in [6.45, 7) is 5.13. The molecule has 112 valence electrons. The van der Waals surface area contributed by atoms with Crippen LogP contribution < -0.4 is 10.5 Å². The van der Waals surface area contributed by atoms with Gasteiger partial charge in [-0.25, -0.2) is 0 Å². The summed E-state index contributed by atoms with van der Waals surface area (Å²) in [7, 11) is 1.57. The molecule has 1 aromatic rings. The molecule has 0 aliphatic rings. The number of nitrogens with zero attached hydrogens (tertiary/aromatic N) is 2. The lowest BCUT2D eigenvalue weighted by Gasteiger charge is -2.23. The number of amides is 1. The Bertz CT molecular complexity index is 471. The summed E-state index contributed by atoms with van der Waals surface area (Å²) in [6, 6.07) is 1.73. The van der Waals surface area contributed by atoms with E-state index in [0.717, 1.165) is 0 Å². The summed E-state index contributed by atoms with van der Waals surface area (Å²) in [5, 5.41) is 13.3. The van der Waals surface area contributed by atoms with E-state index in [1.54, 1.807) is 23.5 Å². The highest BCUT2D eigenvalue weighted by Crippen LogP contribution is 2.23. The van der Waals surface area contributed by atoms with Gasteiger partial charge in [-0.05, 0) is 5.92 Å². The van der Waals surface area contributed by atoms with Crippen LogP contribution in [0.4, 0.5) is 0 Å². The van der Waals surface area contributed by atoms with E-state index in [-0.39, 0.29) is 11.7 Å². The largest absolute Gasteiger partial charge is 0.496 e. The van der Waals surface area contributed by atoms with Crippen molar-refractivity contribution >= 4 is 23.1 Å². The van der Waals surface area contributed by atoms with Crippen molar-refractivity contribution < 1.29 is 14.7 Å².